The average Bonchev–Trinajstić information content (AvgIpc) is 2.53. The summed E-state index contributed by atoms with van der Waals surface area (Å²) in [5.74, 6) is -1.32. The number of nitrogens with zero attached hydrogens (tertiary/aromatic N) is 1. The Morgan fingerprint density at radius 1 is 1.33 bits per heavy atom. The Morgan fingerprint density at radius 3 is 2.81 bits per heavy atom. The monoisotopic (exact) mass is 298 g/mol. The number of carbonyl (C=O) groups excluding carboxylic acids is 1. The number of aliphatic carboxylic acids is 1. The van der Waals surface area contributed by atoms with E-state index in [9.17, 15) is 9.59 Å². The van der Waals surface area contributed by atoms with Crippen molar-refractivity contribution >= 4 is 11.9 Å². The van der Waals surface area contributed by atoms with E-state index in [-0.39, 0.29) is 23.8 Å². The van der Waals surface area contributed by atoms with Crippen LogP contribution in [0.25, 0.3) is 0 Å². The van der Waals surface area contributed by atoms with E-state index in [2.05, 4.69) is 17.1 Å². The number of rotatable bonds is 5. The lowest BCUT2D eigenvalue weighted by atomic mass is 9.81. The van der Waals surface area contributed by atoms with Crippen molar-refractivity contribution < 1.29 is 19.4 Å². The van der Waals surface area contributed by atoms with Gasteiger partial charge in [0.2, 0.25) is 5.91 Å². The summed E-state index contributed by atoms with van der Waals surface area (Å²) in [6.45, 7) is 6.14. The van der Waals surface area contributed by atoms with Gasteiger partial charge in [0.1, 0.15) is 0 Å². The summed E-state index contributed by atoms with van der Waals surface area (Å²) in [6.07, 6.45) is 2.81. The van der Waals surface area contributed by atoms with Crippen LogP contribution in [0, 0.1) is 11.8 Å². The highest BCUT2D eigenvalue weighted by atomic mass is 16.5. The predicted octanol–water partition coefficient (Wildman–Crippen LogP) is 0.714. The van der Waals surface area contributed by atoms with Crippen molar-refractivity contribution in [2.24, 2.45) is 11.8 Å². The van der Waals surface area contributed by atoms with Crippen LogP contribution in [0.3, 0.4) is 0 Å². The van der Waals surface area contributed by atoms with Gasteiger partial charge in [-0.2, -0.15) is 0 Å². The van der Waals surface area contributed by atoms with Crippen molar-refractivity contribution in [3.63, 3.8) is 0 Å². The molecule has 1 amide bonds. The van der Waals surface area contributed by atoms with Gasteiger partial charge in [0, 0.05) is 25.6 Å². The number of carboxylic acid groups (broad SMARTS) is 1. The van der Waals surface area contributed by atoms with Gasteiger partial charge in [0.15, 0.2) is 0 Å². The summed E-state index contributed by atoms with van der Waals surface area (Å²) in [5.41, 5.74) is 0. The van der Waals surface area contributed by atoms with Crippen molar-refractivity contribution in [2.45, 2.75) is 38.7 Å². The maximum absolute atomic E-state index is 12.2. The van der Waals surface area contributed by atoms with Gasteiger partial charge in [-0.25, -0.2) is 0 Å². The number of ether oxygens (including phenoxy) is 1. The minimum Gasteiger partial charge on any atom is -0.481 e. The number of morpholine rings is 1. The maximum Gasteiger partial charge on any atom is 0.306 e. The van der Waals surface area contributed by atoms with E-state index in [1.807, 2.05) is 0 Å². The lowest BCUT2D eigenvalue weighted by molar-refractivity contribution is -0.144. The number of nitrogens with one attached hydrogen (secondary N) is 1. The van der Waals surface area contributed by atoms with Crippen molar-refractivity contribution in [3.8, 4) is 0 Å². The fourth-order valence-corrected chi connectivity index (χ4v) is 3.20. The summed E-state index contributed by atoms with van der Waals surface area (Å²) in [5, 5.41) is 12.0. The Balaban J connectivity index is 1.75. The summed E-state index contributed by atoms with van der Waals surface area (Å²) >= 11 is 0. The molecule has 1 saturated carbocycles. The molecule has 2 rings (SSSR count). The van der Waals surface area contributed by atoms with Gasteiger partial charge in [-0.3, -0.25) is 14.5 Å². The molecule has 6 nitrogen and oxygen atoms in total. The molecule has 1 aliphatic heterocycles. The Kier molecular flexibility index (Phi) is 5.99. The molecule has 2 fully saturated rings. The molecule has 0 radical (unpaired) electrons. The highest BCUT2D eigenvalue weighted by Crippen LogP contribution is 2.29. The first-order valence-electron chi connectivity index (χ1n) is 7.94. The highest BCUT2D eigenvalue weighted by Gasteiger charge is 2.31. The second-order valence-corrected chi connectivity index (χ2v) is 6.03. The maximum atomic E-state index is 12.2. The molecule has 0 bridgehead atoms. The SMILES string of the molecule is CCN1CCOC(CNC(=O)C2CCCC(C(=O)O)C2)C1. The molecule has 0 spiro atoms. The Labute approximate surface area is 125 Å². The topological polar surface area (TPSA) is 78.9 Å². The molecule has 120 valence electrons. The standard InChI is InChI=1S/C15H26N2O4/c1-2-17-6-7-21-13(10-17)9-16-14(18)11-4-3-5-12(8-11)15(19)20/h11-13H,2-10H2,1H3,(H,16,18)(H,19,20). The Bertz CT molecular complexity index is 375. The quantitative estimate of drug-likeness (QED) is 0.781. The molecule has 0 aromatic heterocycles. The number of hydrogen-bond donors (Lipinski definition) is 2. The zero-order chi connectivity index (χ0) is 15.2. The highest BCUT2D eigenvalue weighted by molar-refractivity contribution is 5.80. The minimum absolute atomic E-state index is 0.0156. The fourth-order valence-electron chi connectivity index (χ4n) is 3.20. The van der Waals surface area contributed by atoms with Gasteiger partial charge in [0.25, 0.3) is 0 Å². The number of hydrogen-bond acceptors (Lipinski definition) is 4. The third kappa shape index (κ3) is 4.68. The fraction of sp³-hybridized carbons (Fsp3) is 0.867. The summed E-state index contributed by atoms with van der Waals surface area (Å²) in [6, 6.07) is 0. The molecule has 1 aliphatic carbocycles. The Morgan fingerprint density at radius 2 is 2.10 bits per heavy atom. The van der Waals surface area contributed by atoms with Gasteiger partial charge < -0.3 is 15.2 Å². The van der Waals surface area contributed by atoms with Gasteiger partial charge in [0.05, 0.1) is 18.6 Å². The van der Waals surface area contributed by atoms with Crippen LogP contribution in [-0.4, -0.2) is 60.8 Å². The summed E-state index contributed by atoms with van der Waals surface area (Å²) < 4.78 is 5.66. The van der Waals surface area contributed by atoms with E-state index in [0.29, 0.717) is 26.0 Å². The van der Waals surface area contributed by atoms with Crippen LogP contribution < -0.4 is 5.32 Å². The molecule has 3 atom stereocenters. The lowest BCUT2D eigenvalue weighted by Crippen LogP contribution is -2.48. The molecule has 21 heavy (non-hydrogen) atoms. The van der Waals surface area contributed by atoms with E-state index < -0.39 is 5.97 Å². The summed E-state index contributed by atoms with van der Waals surface area (Å²) in [4.78, 5) is 25.5. The molecule has 1 heterocycles. The minimum atomic E-state index is -0.776. The zero-order valence-electron chi connectivity index (χ0n) is 12.7. The number of carboxylic acids is 1. The van der Waals surface area contributed by atoms with E-state index >= 15 is 0 Å². The number of carbonyl (C=O) groups is 2. The van der Waals surface area contributed by atoms with Crippen LogP contribution in [0.2, 0.25) is 0 Å². The molecule has 3 unspecified atom stereocenters. The van der Waals surface area contributed by atoms with Crippen molar-refractivity contribution in [1.82, 2.24) is 10.2 Å². The zero-order valence-corrected chi connectivity index (χ0v) is 12.7. The van der Waals surface area contributed by atoms with Crippen LogP contribution in [0.4, 0.5) is 0 Å². The smallest absolute Gasteiger partial charge is 0.306 e. The molecule has 1 saturated heterocycles. The average molecular weight is 298 g/mol. The van der Waals surface area contributed by atoms with Crippen molar-refractivity contribution in [3.05, 3.63) is 0 Å². The molecular formula is C15H26N2O4. The normalized spacial score (nSPS) is 30.8. The van der Waals surface area contributed by atoms with Crippen LogP contribution in [-0.2, 0) is 14.3 Å². The molecule has 0 aromatic carbocycles. The lowest BCUT2D eigenvalue weighted by Gasteiger charge is -2.32. The third-order valence-corrected chi connectivity index (χ3v) is 4.57. The number of likely N-dealkylation sites (N-methyl/N-ethyl adjacent to an activating group) is 1. The van der Waals surface area contributed by atoms with Crippen molar-refractivity contribution in [2.75, 3.05) is 32.8 Å². The Hall–Kier alpha value is -1.14. The van der Waals surface area contributed by atoms with Crippen LogP contribution in [0.5, 0.6) is 0 Å². The van der Waals surface area contributed by atoms with E-state index in [4.69, 9.17) is 9.84 Å². The van der Waals surface area contributed by atoms with Gasteiger partial charge in [-0.1, -0.05) is 13.3 Å². The molecule has 2 N–H and O–H groups in total. The molecule has 0 aromatic rings. The van der Waals surface area contributed by atoms with Gasteiger partial charge in [-0.15, -0.1) is 0 Å². The molecule has 6 heteroatoms. The van der Waals surface area contributed by atoms with Gasteiger partial charge >= 0.3 is 5.97 Å². The third-order valence-electron chi connectivity index (χ3n) is 4.57. The molecule has 2 aliphatic rings. The van der Waals surface area contributed by atoms with Crippen molar-refractivity contribution in [1.29, 1.82) is 0 Å². The largest absolute Gasteiger partial charge is 0.481 e. The van der Waals surface area contributed by atoms with Crippen LogP contribution >= 0.6 is 0 Å². The van der Waals surface area contributed by atoms with E-state index in [1.54, 1.807) is 0 Å². The van der Waals surface area contributed by atoms with E-state index in [0.717, 1.165) is 32.5 Å². The predicted molar refractivity (Wildman–Crippen MR) is 77.9 cm³/mol. The van der Waals surface area contributed by atoms with E-state index in [1.165, 1.54) is 0 Å². The van der Waals surface area contributed by atoms with Crippen LogP contribution in [0.1, 0.15) is 32.6 Å². The first-order valence-corrected chi connectivity index (χ1v) is 7.94. The van der Waals surface area contributed by atoms with Gasteiger partial charge in [-0.05, 0) is 25.8 Å². The van der Waals surface area contributed by atoms with Crippen LogP contribution in [0.15, 0.2) is 0 Å². The second-order valence-electron chi connectivity index (χ2n) is 6.03. The first-order chi connectivity index (χ1) is 10.1. The molecular weight excluding hydrogens is 272 g/mol. The number of amides is 1. The summed E-state index contributed by atoms with van der Waals surface area (Å²) in [7, 11) is 0. The second kappa shape index (κ2) is 7.75. The first kappa shape index (κ1) is 16.2.